The number of rotatable bonds is 5. The lowest BCUT2D eigenvalue weighted by Gasteiger charge is -2.12. The number of ether oxygens (including phenoxy) is 1. The van der Waals surface area contributed by atoms with Crippen LogP contribution in [0.15, 0.2) is 24.3 Å². The summed E-state index contributed by atoms with van der Waals surface area (Å²) in [6, 6.07) is 7.32. The van der Waals surface area contributed by atoms with Crippen molar-refractivity contribution < 1.29 is 19.4 Å². The van der Waals surface area contributed by atoms with Gasteiger partial charge in [-0.3, -0.25) is 9.59 Å². The van der Waals surface area contributed by atoms with E-state index in [2.05, 4.69) is 5.32 Å². The molecule has 20 heavy (non-hydrogen) atoms. The van der Waals surface area contributed by atoms with Gasteiger partial charge in [0.25, 0.3) is 0 Å². The molecule has 0 spiro atoms. The van der Waals surface area contributed by atoms with Gasteiger partial charge < -0.3 is 15.2 Å². The standard InChI is InChI=1S/C15H19NO4/c1-10(8-14(17)18)11-2-4-13(5-3-11)16-15(19)12-6-7-20-9-12/h2-5,10,12H,6-9H2,1H3,(H,16,19)(H,17,18). The van der Waals surface area contributed by atoms with Crippen LogP contribution in [0.5, 0.6) is 0 Å². The van der Waals surface area contributed by atoms with Gasteiger partial charge in [-0.15, -0.1) is 0 Å². The second-order valence-corrected chi connectivity index (χ2v) is 5.17. The number of aliphatic carboxylic acids is 1. The Hall–Kier alpha value is -1.88. The maximum absolute atomic E-state index is 11.9. The van der Waals surface area contributed by atoms with Crippen molar-refractivity contribution in [2.45, 2.75) is 25.7 Å². The molecule has 1 aliphatic rings. The van der Waals surface area contributed by atoms with Gasteiger partial charge in [0.05, 0.1) is 18.9 Å². The fraction of sp³-hybridized carbons (Fsp3) is 0.467. The third-order valence-corrected chi connectivity index (χ3v) is 3.53. The number of amides is 1. The minimum atomic E-state index is -0.809. The number of carboxylic acid groups (broad SMARTS) is 1. The molecule has 1 fully saturated rings. The van der Waals surface area contributed by atoms with Crippen LogP contribution in [-0.2, 0) is 14.3 Å². The molecule has 0 aromatic heterocycles. The van der Waals surface area contributed by atoms with Crippen molar-refractivity contribution >= 4 is 17.6 Å². The van der Waals surface area contributed by atoms with Gasteiger partial charge >= 0.3 is 5.97 Å². The van der Waals surface area contributed by atoms with E-state index in [1.54, 1.807) is 12.1 Å². The molecular weight excluding hydrogens is 258 g/mol. The molecule has 1 amide bonds. The average molecular weight is 277 g/mol. The quantitative estimate of drug-likeness (QED) is 0.865. The Labute approximate surface area is 117 Å². The normalized spacial score (nSPS) is 19.6. The van der Waals surface area contributed by atoms with E-state index in [4.69, 9.17) is 9.84 Å². The Kier molecular flexibility index (Phi) is 4.74. The molecule has 2 atom stereocenters. The van der Waals surface area contributed by atoms with Crippen LogP contribution in [0.25, 0.3) is 0 Å². The van der Waals surface area contributed by atoms with E-state index < -0.39 is 5.97 Å². The molecule has 2 unspecified atom stereocenters. The number of hydrogen-bond acceptors (Lipinski definition) is 3. The summed E-state index contributed by atoms with van der Waals surface area (Å²) in [5.74, 6) is -0.939. The van der Waals surface area contributed by atoms with Gasteiger partial charge in [-0.2, -0.15) is 0 Å². The zero-order chi connectivity index (χ0) is 14.5. The SMILES string of the molecule is CC(CC(=O)O)c1ccc(NC(=O)C2CCOC2)cc1. The highest BCUT2D eigenvalue weighted by atomic mass is 16.5. The predicted octanol–water partition coefficient (Wildman–Crippen LogP) is 2.24. The first-order chi connectivity index (χ1) is 9.56. The van der Waals surface area contributed by atoms with Crippen molar-refractivity contribution in [3.8, 4) is 0 Å². The first kappa shape index (κ1) is 14.5. The Morgan fingerprint density at radius 2 is 2.10 bits per heavy atom. The summed E-state index contributed by atoms with van der Waals surface area (Å²) >= 11 is 0. The lowest BCUT2D eigenvalue weighted by Crippen LogP contribution is -2.22. The third-order valence-electron chi connectivity index (χ3n) is 3.53. The lowest BCUT2D eigenvalue weighted by atomic mass is 9.97. The Morgan fingerprint density at radius 3 is 2.65 bits per heavy atom. The number of carboxylic acids is 1. The minimum absolute atomic E-state index is 0.0196. The smallest absolute Gasteiger partial charge is 0.303 e. The van der Waals surface area contributed by atoms with Crippen molar-refractivity contribution in [2.24, 2.45) is 5.92 Å². The number of nitrogens with one attached hydrogen (secondary N) is 1. The summed E-state index contributed by atoms with van der Waals surface area (Å²) in [5, 5.41) is 11.6. The molecule has 2 rings (SSSR count). The van der Waals surface area contributed by atoms with Crippen LogP contribution in [-0.4, -0.2) is 30.2 Å². The van der Waals surface area contributed by atoms with Crippen LogP contribution in [0.3, 0.4) is 0 Å². The molecular formula is C15H19NO4. The zero-order valence-electron chi connectivity index (χ0n) is 11.5. The Morgan fingerprint density at radius 1 is 1.40 bits per heavy atom. The summed E-state index contributed by atoms with van der Waals surface area (Å²) in [6.45, 7) is 3.00. The van der Waals surface area contributed by atoms with Gasteiger partial charge in [0, 0.05) is 12.3 Å². The van der Waals surface area contributed by atoms with Crippen LogP contribution >= 0.6 is 0 Å². The fourth-order valence-corrected chi connectivity index (χ4v) is 2.26. The Bertz CT molecular complexity index is 477. The fourth-order valence-electron chi connectivity index (χ4n) is 2.26. The summed E-state index contributed by atoms with van der Waals surface area (Å²) < 4.78 is 5.19. The molecule has 1 aromatic carbocycles. The predicted molar refractivity (Wildman–Crippen MR) is 74.7 cm³/mol. The largest absolute Gasteiger partial charge is 0.481 e. The number of benzene rings is 1. The topological polar surface area (TPSA) is 75.6 Å². The number of hydrogen-bond donors (Lipinski definition) is 2. The average Bonchev–Trinajstić information content (AvgIpc) is 2.92. The van der Waals surface area contributed by atoms with Crippen molar-refractivity contribution in [3.63, 3.8) is 0 Å². The second-order valence-electron chi connectivity index (χ2n) is 5.17. The van der Waals surface area contributed by atoms with Crippen molar-refractivity contribution in [1.82, 2.24) is 0 Å². The molecule has 0 saturated carbocycles. The van der Waals surface area contributed by atoms with E-state index in [9.17, 15) is 9.59 Å². The van der Waals surface area contributed by atoms with Crippen LogP contribution in [0.1, 0.15) is 31.2 Å². The molecule has 1 heterocycles. The van der Waals surface area contributed by atoms with Gasteiger partial charge in [-0.25, -0.2) is 0 Å². The van der Waals surface area contributed by atoms with Crippen molar-refractivity contribution in [2.75, 3.05) is 18.5 Å². The molecule has 5 heteroatoms. The number of carbonyl (C=O) groups excluding carboxylic acids is 1. The highest BCUT2D eigenvalue weighted by molar-refractivity contribution is 5.92. The zero-order valence-corrected chi connectivity index (χ0v) is 11.5. The lowest BCUT2D eigenvalue weighted by molar-refractivity contribution is -0.137. The molecule has 1 aliphatic heterocycles. The molecule has 2 N–H and O–H groups in total. The molecule has 0 bridgehead atoms. The first-order valence-electron chi connectivity index (χ1n) is 6.76. The van der Waals surface area contributed by atoms with E-state index in [0.29, 0.717) is 13.2 Å². The van der Waals surface area contributed by atoms with Crippen molar-refractivity contribution in [1.29, 1.82) is 0 Å². The minimum Gasteiger partial charge on any atom is -0.481 e. The maximum Gasteiger partial charge on any atom is 0.303 e. The van der Waals surface area contributed by atoms with E-state index in [-0.39, 0.29) is 24.2 Å². The highest BCUT2D eigenvalue weighted by Crippen LogP contribution is 2.22. The highest BCUT2D eigenvalue weighted by Gasteiger charge is 2.23. The van der Waals surface area contributed by atoms with Gasteiger partial charge in [-0.1, -0.05) is 19.1 Å². The first-order valence-corrected chi connectivity index (χ1v) is 6.76. The van der Waals surface area contributed by atoms with Crippen molar-refractivity contribution in [3.05, 3.63) is 29.8 Å². The molecule has 1 saturated heterocycles. The maximum atomic E-state index is 11.9. The van der Waals surface area contributed by atoms with E-state index >= 15 is 0 Å². The summed E-state index contributed by atoms with van der Waals surface area (Å²) in [7, 11) is 0. The van der Waals surface area contributed by atoms with Gasteiger partial charge in [-0.05, 0) is 30.0 Å². The molecule has 5 nitrogen and oxygen atoms in total. The van der Waals surface area contributed by atoms with Gasteiger partial charge in [0.15, 0.2) is 0 Å². The molecule has 1 aromatic rings. The van der Waals surface area contributed by atoms with Gasteiger partial charge in [0.1, 0.15) is 0 Å². The van der Waals surface area contributed by atoms with Gasteiger partial charge in [0.2, 0.25) is 5.91 Å². The second kappa shape index (κ2) is 6.52. The van der Waals surface area contributed by atoms with E-state index in [1.807, 2.05) is 19.1 Å². The number of anilines is 1. The Balaban J connectivity index is 1.94. The monoisotopic (exact) mass is 277 g/mol. The van der Waals surface area contributed by atoms with Crippen LogP contribution in [0, 0.1) is 5.92 Å². The van der Waals surface area contributed by atoms with Crippen LogP contribution in [0.4, 0.5) is 5.69 Å². The summed E-state index contributed by atoms with van der Waals surface area (Å²) in [4.78, 5) is 22.6. The van der Waals surface area contributed by atoms with E-state index in [1.165, 1.54) is 0 Å². The van der Waals surface area contributed by atoms with Crippen LogP contribution in [0.2, 0.25) is 0 Å². The molecule has 0 radical (unpaired) electrons. The third kappa shape index (κ3) is 3.81. The molecule has 108 valence electrons. The van der Waals surface area contributed by atoms with Crippen LogP contribution < -0.4 is 5.32 Å². The summed E-state index contributed by atoms with van der Waals surface area (Å²) in [5.41, 5.74) is 1.68. The van der Waals surface area contributed by atoms with E-state index in [0.717, 1.165) is 17.7 Å². The summed E-state index contributed by atoms with van der Waals surface area (Å²) in [6.07, 6.45) is 0.866. The number of carbonyl (C=O) groups is 2. The molecule has 0 aliphatic carbocycles.